The van der Waals surface area contributed by atoms with Crippen LogP contribution in [-0.2, 0) is 9.59 Å². The van der Waals surface area contributed by atoms with Gasteiger partial charge in [-0.1, -0.05) is 45.7 Å². The average molecular weight is 474 g/mol. The van der Waals surface area contributed by atoms with E-state index in [0.717, 1.165) is 27.1 Å². The zero-order valence-electron chi connectivity index (χ0n) is 15.7. The highest BCUT2D eigenvalue weighted by atomic mass is 79.9. The van der Waals surface area contributed by atoms with Crippen LogP contribution in [-0.4, -0.2) is 22.6 Å². The second-order valence-corrected chi connectivity index (χ2v) is 7.60. The Morgan fingerprint density at radius 1 is 1.07 bits per heavy atom. The molecule has 0 atom stereocenters. The first-order valence-electron chi connectivity index (χ1n) is 8.70. The highest BCUT2D eigenvalue weighted by molar-refractivity contribution is 9.10. The van der Waals surface area contributed by atoms with Gasteiger partial charge in [-0.3, -0.25) is 9.59 Å². The Labute approximate surface area is 181 Å². The van der Waals surface area contributed by atoms with Crippen molar-refractivity contribution in [3.8, 4) is 5.69 Å². The summed E-state index contributed by atoms with van der Waals surface area (Å²) in [6, 6.07) is 16.6. The van der Waals surface area contributed by atoms with E-state index in [9.17, 15) is 9.59 Å². The van der Waals surface area contributed by atoms with Crippen LogP contribution in [0.2, 0.25) is 5.02 Å². The summed E-state index contributed by atoms with van der Waals surface area (Å²) in [5, 5.41) is 6.70. The molecule has 2 amide bonds. The molecule has 1 heterocycles. The summed E-state index contributed by atoms with van der Waals surface area (Å²) in [7, 11) is 0. The number of aryl methyl sites for hydroxylation is 1. The molecule has 0 aliphatic carbocycles. The molecular formula is C21H18BrClN4O2. The zero-order valence-corrected chi connectivity index (χ0v) is 18.1. The summed E-state index contributed by atoms with van der Waals surface area (Å²) >= 11 is 9.45. The average Bonchev–Trinajstić information content (AvgIpc) is 2.97. The number of halogens is 2. The fourth-order valence-corrected chi connectivity index (χ4v) is 3.45. The number of anilines is 1. The van der Waals surface area contributed by atoms with E-state index in [1.165, 1.54) is 6.21 Å². The van der Waals surface area contributed by atoms with Crippen molar-refractivity contribution in [1.82, 2.24) is 9.99 Å². The number of hydrogen-bond acceptors (Lipinski definition) is 3. The predicted molar refractivity (Wildman–Crippen MR) is 119 cm³/mol. The first kappa shape index (κ1) is 20.8. The van der Waals surface area contributed by atoms with E-state index >= 15 is 0 Å². The number of carbonyl (C=O) groups is 2. The Hall–Kier alpha value is -2.90. The number of rotatable bonds is 4. The lowest BCUT2D eigenvalue weighted by atomic mass is 10.2. The van der Waals surface area contributed by atoms with E-state index in [-0.39, 0.29) is 0 Å². The minimum atomic E-state index is -0.887. The van der Waals surface area contributed by atoms with Gasteiger partial charge in [0.2, 0.25) is 0 Å². The molecule has 2 N–H and O–H groups in total. The van der Waals surface area contributed by atoms with Gasteiger partial charge in [0, 0.05) is 27.1 Å². The lowest BCUT2D eigenvalue weighted by molar-refractivity contribution is -0.136. The van der Waals surface area contributed by atoms with Crippen molar-refractivity contribution in [3.05, 3.63) is 81.0 Å². The summed E-state index contributed by atoms with van der Waals surface area (Å²) in [5.41, 5.74) is 6.41. The van der Waals surface area contributed by atoms with E-state index in [4.69, 9.17) is 11.6 Å². The number of nitrogens with zero attached hydrogens (tertiary/aromatic N) is 2. The molecule has 0 aliphatic rings. The maximum Gasteiger partial charge on any atom is 0.329 e. The number of benzene rings is 2. The SMILES string of the molecule is Cc1cc(C=NNC(=O)C(=O)Nc2ccccc2Cl)c(C)n1-c1cccc(Br)c1. The Balaban J connectivity index is 1.69. The van der Waals surface area contributed by atoms with Gasteiger partial charge in [0.15, 0.2) is 0 Å². The summed E-state index contributed by atoms with van der Waals surface area (Å²) in [5.74, 6) is -1.74. The molecule has 0 saturated carbocycles. The molecule has 0 radical (unpaired) electrons. The molecule has 2 aromatic carbocycles. The zero-order chi connectivity index (χ0) is 21.0. The van der Waals surface area contributed by atoms with Crippen LogP contribution in [0.5, 0.6) is 0 Å². The maximum absolute atomic E-state index is 12.0. The fraction of sp³-hybridized carbons (Fsp3) is 0.0952. The van der Waals surface area contributed by atoms with Gasteiger partial charge in [0.25, 0.3) is 0 Å². The van der Waals surface area contributed by atoms with Gasteiger partial charge in [-0.2, -0.15) is 5.10 Å². The molecule has 0 spiro atoms. The van der Waals surface area contributed by atoms with Crippen LogP contribution in [0.4, 0.5) is 5.69 Å². The van der Waals surface area contributed by atoms with Crippen molar-refractivity contribution in [2.24, 2.45) is 5.10 Å². The molecule has 8 heteroatoms. The van der Waals surface area contributed by atoms with E-state index in [1.807, 2.05) is 44.2 Å². The molecule has 0 bridgehead atoms. The van der Waals surface area contributed by atoms with Crippen LogP contribution in [0.3, 0.4) is 0 Å². The second kappa shape index (κ2) is 9.07. The van der Waals surface area contributed by atoms with Crippen molar-refractivity contribution >= 4 is 51.2 Å². The molecule has 3 rings (SSSR count). The van der Waals surface area contributed by atoms with Crippen molar-refractivity contribution < 1.29 is 9.59 Å². The quantitative estimate of drug-likeness (QED) is 0.330. The number of amides is 2. The molecule has 1 aromatic heterocycles. The Bertz CT molecular complexity index is 1110. The van der Waals surface area contributed by atoms with Crippen LogP contribution in [0, 0.1) is 13.8 Å². The van der Waals surface area contributed by atoms with Crippen LogP contribution >= 0.6 is 27.5 Å². The van der Waals surface area contributed by atoms with Crippen LogP contribution in [0.25, 0.3) is 5.69 Å². The van der Waals surface area contributed by atoms with Gasteiger partial charge < -0.3 is 9.88 Å². The van der Waals surface area contributed by atoms with E-state index < -0.39 is 11.8 Å². The lowest BCUT2D eigenvalue weighted by Gasteiger charge is -2.09. The van der Waals surface area contributed by atoms with E-state index in [0.29, 0.717) is 10.7 Å². The summed E-state index contributed by atoms with van der Waals surface area (Å²) < 4.78 is 3.06. The number of hydrogen-bond donors (Lipinski definition) is 2. The smallest absolute Gasteiger partial charge is 0.318 e. The molecule has 0 unspecified atom stereocenters. The minimum Gasteiger partial charge on any atom is -0.318 e. The Kier molecular flexibility index (Phi) is 6.51. The van der Waals surface area contributed by atoms with Crippen LogP contribution < -0.4 is 10.7 Å². The third kappa shape index (κ3) is 4.93. The van der Waals surface area contributed by atoms with Gasteiger partial charge in [-0.15, -0.1) is 0 Å². The first-order valence-corrected chi connectivity index (χ1v) is 9.87. The lowest BCUT2D eigenvalue weighted by Crippen LogP contribution is -2.32. The Morgan fingerprint density at radius 3 is 2.55 bits per heavy atom. The normalized spacial score (nSPS) is 10.9. The van der Waals surface area contributed by atoms with Gasteiger partial charge in [-0.25, -0.2) is 5.43 Å². The third-order valence-corrected chi connectivity index (χ3v) is 5.06. The number of nitrogens with one attached hydrogen (secondary N) is 2. The minimum absolute atomic E-state index is 0.345. The van der Waals surface area contributed by atoms with Crippen molar-refractivity contribution in [2.75, 3.05) is 5.32 Å². The van der Waals surface area contributed by atoms with Gasteiger partial charge in [0.1, 0.15) is 0 Å². The molecule has 0 fully saturated rings. The van der Waals surface area contributed by atoms with Crippen LogP contribution in [0.1, 0.15) is 17.0 Å². The summed E-state index contributed by atoms with van der Waals surface area (Å²) in [6.45, 7) is 3.95. The molecule has 148 valence electrons. The van der Waals surface area contributed by atoms with Crippen molar-refractivity contribution in [3.63, 3.8) is 0 Å². The predicted octanol–water partition coefficient (Wildman–Crippen LogP) is 4.60. The molecule has 3 aromatic rings. The number of aromatic nitrogens is 1. The molecule has 29 heavy (non-hydrogen) atoms. The van der Waals surface area contributed by atoms with Gasteiger partial charge >= 0.3 is 11.8 Å². The fourth-order valence-electron chi connectivity index (χ4n) is 2.88. The largest absolute Gasteiger partial charge is 0.329 e. The standard InChI is InChI=1S/C21H18BrClN4O2/c1-13-10-15(14(2)27(13)17-7-5-6-16(22)11-17)12-24-26-21(29)20(28)25-19-9-4-3-8-18(19)23/h3-12H,1-2H3,(H,25,28)(H,26,29). The summed E-state index contributed by atoms with van der Waals surface area (Å²) in [6.07, 6.45) is 1.51. The molecule has 6 nitrogen and oxygen atoms in total. The highest BCUT2D eigenvalue weighted by Crippen LogP contribution is 2.22. The van der Waals surface area contributed by atoms with Crippen molar-refractivity contribution in [1.29, 1.82) is 0 Å². The second-order valence-electron chi connectivity index (χ2n) is 6.27. The first-order chi connectivity index (χ1) is 13.9. The van der Waals surface area contributed by atoms with Crippen molar-refractivity contribution in [2.45, 2.75) is 13.8 Å². The van der Waals surface area contributed by atoms with Gasteiger partial charge in [-0.05, 0) is 50.2 Å². The topological polar surface area (TPSA) is 75.5 Å². The summed E-state index contributed by atoms with van der Waals surface area (Å²) in [4.78, 5) is 24.0. The maximum atomic E-state index is 12.0. The molecule has 0 saturated heterocycles. The molecular weight excluding hydrogens is 456 g/mol. The monoisotopic (exact) mass is 472 g/mol. The van der Waals surface area contributed by atoms with Gasteiger partial charge in [0.05, 0.1) is 16.9 Å². The van der Waals surface area contributed by atoms with E-state index in [2.05, 4.69) is 36.3 Å². The number of carbonyl (C=O) groups excluding carboxylic acids is 2. The number of hydrazone groups is 1. The van der Waals surface area contributed by atoms with Crippen LogP contribution in [0.15, 0.2) is 64.2 Å². The third-order valence-electron chi connectivity index (χ3n) is 4.23. The molecule has 0 aliphatic heterocycles. The highest BCUT2D eigenvalue weighted by Gasteiger charge is 2.14. The van der Waals surface area contributed by atoms with E-state index in [1.54, 1.807) is 24.3 Å². The Morgan fingerprint density at radius 2 is 1.83 bits per heavy atom. The number of para-hydroxylation sites is 1.